The molecule has 0 saturated carbocycles. The van der Waals surface area contributed by atoms with Crippen LogP contribution in [0.3, 0.4) is 0 Å². The Morgan fingerprint density at radius 1 is 1.14 bits per heavy atom. The van der Waals surface area contributed by atoms with Gasteiger partial charge < -0.3 is 10.1 Å². The SMILES string of the molecule is CNC(Cc1ccc(OC)c(Br)c1)c1ccc(Br)c(Cl)c1. The van der Waals surface area contributed by atoms with Crippen LogP contribution in [-0.4, -0.2) is 14.2 Å². The molecule has 0 bridgehead atoms. The van der Waals surface area contributed by atoms with Crippen LogP contribution < -0.4 is 10.1 Å². The van der Waals surface area contributed by atoms with Crippen LogP contribution in [-0.2, 0) is 6.42 Å². The summed E-state index contributed by atoms with van der Waals surface area (Å²) in [5, 5.41) is 4.07. The summed E-state index contributed by atoms with van der Waals surface area (Å²) in [6, 6.07) is 12.4. The molecule has 0 aliphatic carbocycles. The molecule has 5 heteroatoms. The molecule has 0 aromatic heterocycles. The summed E-state index contributed by atoms with van der Waals surface area (Å²) in [7, 11) is 3.62. The topological polar surface area (TPSA) is 21.3 Å². The van der Waals surface area contributed by atoms with Gasteiger partial charge in [0.1, 0.15) is 5.75 Å². The van der Waals surface area contributed by atoms with Gasteiger partial charge in [-0.1, -0.05) is 23.7 Å². The van der Waals surface area contributed by atoms with Gasteiger partial charge in [-0.25, -0.2) is 0 Å². The summed E-state index contributed by atoms with van der Waals surface area (Å²) in [5.41, 5.74) is 2.39. The second-order valence-corrected chi connectivity index (χ2v) is 6.80. The Labute approximate surface area is 147 Å². The van der Waals surface area contributed by atoms with Crippen molar-refractivity contribution in [3.8, 4) is 5.75 Å². The molecule has 0 amide bonds. The molecule has 0 heterocycles. The number of nitrogens with one attached hydrogen (secondary N) is 1. The first-order valence-electron chi connectivity index (χ1n) is 6.49. The molecule has 2 aromatic carbocycles. The van der Waals surface area contributed by atoms with Crippen molar-refractivity contribution < 1.29 is 4.74 Å². The predicted octanol–water partition coefficient (Wildman–Crippen LogP) is 5.38. The predicted molar refractivity (Wildman–Crippen MR) is 95.4 cm³/mol. The molecule has 0 radical (unpaired) electrons. The van der Waals surface area contributed by atoms with E-state index in [1.165, 1.54) is 5.56 Å². The molecule has 2 aromatic rings. The highest BCUT2D eigenvalue weighted by Crippen LogP contribution is 2.30. The standard InChI is InChI=1S/C16H16Br2ClNO/c1-20-15(11-4-5-12(17)14(19)9-11)8-10-3-6-16(21-2)13(18)7-10/h3-7,9,15,20H,8H2,1-2H3. The highest BCUT2D eigenvalue weighted by molar-refractivity contribution is 9.10. The zero-order chi connectivity index (χ0) is 15.4. The molecular weight excluding hydrogens is 417 g/mol. The summed E-state index contributed by atoms with van der Waals surface area (Å²) in [6.07, 6.45) is 0.872. The van der Waals surface area contributed by atoms with Gasteiger partial charge in [0.15, 0.2) is 0 Å². The molecule has 112 valence electrons. The number of rotatable bonds is 5. The molecule has 0 saturated heterocycles. The Bertz CT molecular complexity index is 634. The van der Waals surface area contributed by atoms with Crippen molar-refractivity contribution in [2.45, 2.75) is 12.5 Å². The zero-order valence-corrected chi connectivity index (χ0v) is 15.7. The smallest absolute Gasteiger partial charge is 0.133 e. The maximum absolute atomic E-state index is 6.18. The zero-order valence-electron chi connectivity index (χ0n) is 11.8. The third-order valence-electron chi connectivity index (χ3n) is 3.35. The minimum absolute atomic E-state index is 0.205. The molecule has 0 fully saturated rings. The van der Waals surface area contributed by atoms with Crippen LogP contribution in [0.15, 0.2) is 45.3 Å². The summed E-state index contributed by atoms with van der Waals surface area (Å²) >= 11 is 13.1. The first kappa shape index (κ1) is 16.8. The van der Waals surface area contributed by atoms with E-state index in [9.17, 15) is 0 Å². The third kappa shape index (κ3) is 4.22. The van der Waals surface area contributed by atoms with Crippen molar-refractivity contribution in [3.05, 3.63) is 61.5 Å². The number of likely N-dealkylation sites (N-methyl/N-ethyl adjacent to an activating group) is 1. The number of ether oxygens (including phenoxy) is 1. The van der Waals surface area contributed by atoms with E-state index in [2.05, 4.69) is 55.4 Å². The number of methoxy groups -OCH3 is 1. The van der Waals surface area contributed by atoms with Gasteiger partial charge in [0.05, 0.1) is 16.6 Å². The van der Waals surface area contributed by atoms with Gasteiger partial charge >= 0.3 is 0 Å². The molecule has 1 N–H and O–H groups in total. The van der Waals surface area contributed by atoms with E-state index in [1.807, 2.05) is 25.2 Å². The lowest BCUT2D eigenvalue weighted by Crippen LogP contribution is -2.18. The third-order valence-corrected chi connectivity index (χ3v) is 5.20. The normalized spacial score (nSPS) is 12.2. The van der Waals surface area contributed by atoms with Gasteiger partial charge in [0.2, 0.25) is 0 Å². The molecule has 21 heavy (non-hydrogen) atoms. The van der Waals surface area contributed by atoms with Crippen LogP contribution in [0.25, 0.3) is 0 Å². The average Bonchev–Trinajstić information content (AvgIpc) is 2.48. The molecule has 2 nitrogen and oxygen atoms in total. The summed E-state index contributed by atoms with van der Waals surface area (Å²) in [5.74, 6) is 0.839. The summed E-state index contributed by atoms with van der Waals surface area (Å²) in [4.78, 5) is 0. The molecule has 1 unspecified atom stereocenters. The summed E-state index contributed by atoms with van der Waals surface area (Å²) in [6.45, 7) is 0. The molecule has 0 spiro atoms. The van der Waals surface area contributed by atoms with E-state index in [0.29, 0.717) is 0 Å². The highest BCUT2D eigenvalue weighted by atomic mass is 79.9. The van der Waals surface area contributed by atoms with Gasteiger partial charge in [-0.05, 0) is 80.7 Å². The van der Waals surface area contributed by atoms with Crippen LogP contribution in [0.4, 0.5) is 0 Å². The Balaban J connectivity index is 2.22. The van der Waals surface area contributed by atoms with Gasteiger partial charge in [-0.15, -0.1) is 0 Å². The molecule has 2 rings (SSSR count). The van der Waals surface area contributed by atoms with Gasteiger partial charge in [0, 0.05) is 10.5 Å². The quantitative estimate of drug-likeness (QED) is 0.684. The van der Waals surface area contributed by atoms with E-state index >= 15 is 0 Å². The van der Waals surface area contributed by atoms with Crippen molar-refractivity contribution in [2.75, 3.05) is 14.2 Å². The van der Waals surface area contributed by atoms with E-state index < -0.39 is 0 Å². The number of hydrogen-bond acceptors (Lipinski definition) is 2. The Morgan fingerprint density at radius 2 is 1.90 bits per heavy atom. The maximum Gasteiger partial charge on any atom is 0.133 e. The Morgan fingerprint density at radius 3 is 2.48 bits per heavy atom. The monoisotopic (exact) mass is 431 g/mol. The molecular formula is C16H16Br2ClNO. The van der Waals surface area contributed by atoms with Crippen molar-refractivity contribution in [2.24, 2.45) is 0 Å². The second kappa shape index (κ2) is 7.63. The van der Waals surface area contributed by atoms with Crippen molar-refractivity contribution in [3.63, 3.8) is 0 Å². The van der Waals surface area contributed by atoms with Crippen LogP contribution in [0, 0.1) is 0 Å². The lowest BCUT2D eigenvalue weighted by molar-refractivity contribution is 0.412. The van der Waals surface area contributed by atoms with Gasteiger partial charge in [-0.3, -0.25) is 0 Å². The number of benzene rings is 2. The second-order valence-electron chi connectivity index (χ2n) is 4.69. The van der Waals surface area contributed by atoms with E-state index in [0.717, 1.165) is 31.7 Å². The minimum Gasteiger partial charge on any atom is -0.496 e. The van der Waals surface area contributed by atoms with E-state index in [-0.39, 0.29) is 6.04 Å². The number of halogens is 3. The minimum atomic E-state index is 0.205. The fourth-order valence-electron chi connectivity index (χ4n) is 2.19. The Hall–Kier alpha value is -0.550. The van der Waals surface area contributed by atoms with Gasteiger partial charge in [-0.2, -0.15) is 0 Å². The van der Waals surface area contributed by atoms with Crippen molar-refractivity contribution in [1.29, 1.82) is 0 Å². The van der Waals surface area contributed by atoms with E-state index in [1.54, 1.807) is 7.11 Å². The summed E-state index contributed by atoms with van der Waals surface area (Å²) < 4.78 is 7.14. The van der Waals surface area contributed by atoms with Crippen molar-refractivity contribution >= 4 is 43.5 Å². The highest BCUT2D eigenvalue weighted by Gasteiger charge is 2.12. The Kier molecular flexibility index (Phi) is 6.11. The van der Waals surface area contributed by atoms with E-state index in [4.69, 9.17) is 16.3 Å². The number of hydrogen-bond donors (Lipinski definition) is 1. The fraction of sp³-hybridized carbons (Fsp3) is 0.250. The molecule has 0 aliphatic heterocycles. The lowest BCUT2D eigenvalue weighted by atomic mass is 9.99. The van der Waals surface area contributed by atoms with Crippen LogP contribution >= 0.6 is 43.5 Å². The van der Waals surface area contributed by atoms with Gasteiger partial charge in [0.25, 0.3) is 0 Å². The van der Waals surface area contributed by atoms with Crippen LogP contribution in [0.5, 0.6) is 5.75 Å². The lowest BCUT2D eigenvalue weighted by Gasteiger charge is -2.18. The average molecular weight is 434 g/mol. The largest absolute Gasteiger partial charge is 0.496 e. The molecule has 0 aliphatic rings. The van der Waals surface area contributed by atoms with Crippen LogP contribution in [0.2, 0.25) is 5.02 Å². The molecule has 1 atom stereocenters. The van der Waals surface area contributed by atoms with Crippen molar-refractivity contribution in [1.82, 2.24) is 5.32 Å². The first-order valence-corrected chi connectivity index (χ1v) is 8.46. The fourth-order valence-corrected chi connectivity index (χ4v) is 3.21. The first-order chi connectivity index (χ1) is 10.0. The maximum atomic E-state index is 6.18. The van der Waals surface area contributed by atoms with Crippen LogP contribution in [0.1, 0.15) is 17.2 Å².